The molecule has 0 amide bonds. The lowest BCUT2D eigenvalue weighted by molar-refractivity contribution is 0.0306. The Hall–Kier alpha value is -2.99. The van der Waals surface area contributed by atoms with E-state index in [0.29, 0.717) is 88.1 Å². The van der Waals surface area contributed by atoms with Crippen LogP contribution in [0.25, 0.3) is 10.9 Å². The van der Waals surface area contributed by atoms with Gasteiger partial charge in [-0.2, -0.15) is 0 Å². The van der Waals surface area contributed by atoms with Gasteiger partial charge < -0.3 is 24.8 Å². The molecule has 0 unspecified atom stereocenters. The van der Waals surface area contributed by atoms with E-state index in [1.54, 1.807) is 13.3 Å². The maximum atomic E-state index is 16.4. The summed E-state index contributed by atoms with van der Waals surface area (Å²) < 4.78 is 68.2. The second-order valence-electron chi connectivity index (χ2n) is 11.7. The first-order valence-electron chi connectivity index (χ1n) is 14.9. The number of nitrogens with zero attached hydrogens (tertiary/aromatic N) is 3. The lowest BCUT2D eigenvalue weighted by atomic mass is 9.74. The van der Waals surface area contributed by atoms with Crippen molar-refractivity contribution < 1.29 is 32.1 Å². The normalized spacial score (nSPS) is 18.6. The number of fused-ring (bicyclic) bond motifs is 1. The van der Waals surface area contributed by atoms with Crippen molar-refractivity contribution in [1.29, 1.82) is 0 Å². The Morgan fingerprint density at radius 1 is 1.07 bits per heavy atom. The molecule has 0 bridgehead atoms. The van der Waals surface area contributed by atoms with Gasteiger partial charge in [0.1, 0.15) is 17.7 Å². The first kappa shape index (κ1) is 31.4. The summed E-state index contributed by atoms with van der Waals surface area (Å²) in [6.07, 6.45) is 2.69. The van der Waals surface area contributed by atoms with Gasteiger partial charge in [-0.25, -0.2) is 17.6 Å². The third-order valence-corrected chi connectivity index (χ3v) is 8.93. The lowest BCUT2D eigenvalue weighted by Crippen LogP contribution is -2.43. The number of benzene rings is 2. The quantitative estimate of drug-likeness (QED) is 0.210. The van der Waals surface area contributed by atoms with Gasteiger partial charge >= 0.3 is 0 Å². The predicted molar refractivity (Wildman–Crippen MR) is 157 cm³/mol. The number of nitrogens with one attached hydrogen (secondary N) is 1. The summed E-state index contributed by atoms with van der Waals surface area (Å²) in [6.45, 7) is 5.60. The molecule has 2 fully saturated rings. The molecule has 3 aromatic rings. The second-order valence-corrected chi connectivity index (χ2v) is 11.7. The highest BCUT2D eigenvalue weighted by Gasteiger charge is 2.35. The number of halogens is 4. The summed E-state index contributed by atoms with van der Waals surface area (Å²) in [5, 5.41) is 13.9. The summed E-state index contributed by atoms with van der Waals surface area (Å²) in [4.78, 5) is 9.03. The molecule has 7 nitrogen and oxygen atoms in total. The Balaban J connectivity index is 1.22. The minimum absolute atomic E-state index is 0.0366. The molecular weight excluding hydrogens is 564 g/mol. The number of hydrogen-bond donors (Lipinski definition) is 2. The molecule has 5 rings (SSSR count). The van der Waals surface area contributed by atoms with Crippen molar-refractivity contribution in [3.63, 3.8) is 0 Å². The number of morpholine rings is 1. The Morgan fingerprint density at radius 2 is 1.84 bits per heavy atom. The van der Waals surface area contributed by atoms with E-state index >= 15 is 4.39 Å². The van der Waals surface area contributed by atoms with Crippen molar-refractivity contribution >= 4 is 16.6 Å². The molecule has 2 aliphatic rings. The molecular formula is C32H40F4N4O3. The van der Waals surface area contributed by atoms with Gasteiger partial charge in [0.2, 0.25) is 0 Å². The standard InChI is InChI=1S/C32H40F4N4O3/c1-42-24-2-3-28-25(18-24)30(22(19-38-28)20-40-12-14-43-15-13-40)26(34)4-5-32(21-41)6-9-39(10-7-32)11-8-37-29-17-23(33)16-27(35)31(29)36/h2-3,16-19,26,37,41H,4-15,20-21H2,1H3/t26-/m1/s1. The number of alkyl halides is 1. The van der Waals surface area contributed by atoms with Gasteiger partial charge in [0.05, 0.1) is 31.5 Å². The minimum Gasteiger partial charge on any atom is -0.497 e. The number of anilines is 1. The molecule has 0 aliphatic carbocycles. The number of aliphatic hydroxyl groups excluding tert-OH is 1. The average molecular weight is 605 g/mol. The number of piperidine rings is 1. The number of aromatic nitrogens is 1. The smallest absolute Gasteiger partial charge is 0.182 e. The Labute approximate surface area is 249 Å². The van der Waals surface area contributed by atoms with Gasteiger partial charge in [-0.3, -0.25) is 9.88 Å². The average Bonchev–Trinajstić information content (AvgIpc) is 3.03. The number of hydrogen-bond acceptors (Lipinski definition) is 7. The third kappa shape index (κ3) is 7.57. The molecule has 1 aromatic heterocycles. The van der Waals surface area contributed by atoms with Crippen LogP contribution >= 0.6 is 0 Å². The summed E-state index contributed by atoms with van der Waals surface area (Å²) in [5.41, 5.74) is 1.58. The van der Waals surface area contributed by atoms with E-state index in [9.17, 15) is 18.3 Å². The van der Waals surface area contributed by atoms with Crippen LogP contribution in [-0.4, -0.2) is 86.1 Å². The van der Waals surface area contributed by atoms with Gasteiger partial charge in [0.25, 0.3) is 0 Å². The number of methoxy groups -OCH3 is 1. The van der Waals surface area contributed by atoms with E-state index in [0.717, 1.165) is 30.1 Å². The molecule has 2 N–H and O–H groups in total. The SMILES string of the molecule is COc1ccc2ncc(CN3CCOCC3)c([C@H](F)CCC3(CO)CCN(CCNc4cc(F)cc(F)c4F)CC3)c2c1. The Bertz CT molecular complexity index is 1380. The van der Waals surface area contributed by atoms with E-state index in [1.807, 2.05) is 18.2 Å². The van der Waals surface area contributed by atoms with Gasteiger partial charge in [-0.1, -0.05) is 0 Å². The molecule has 0 spiro atoms. The van der Waals surface area contributed by atoms with E-state index in [2.05, 4.69) is 20.1 Å². The highest BCUT2D eigenvalue weighted by Crippen LogP contribution is 2.41. The van der Waals surface area contributed by atoms with Gasteiger partial charge in [-0.05, 0) is 68.0 Å². The predicted octanol–water partition coefficient (Wildman–Crippen LogP) is 5.47. The zero-order chi connectivity index (χ0) is 30.4. The van der Waals surface area contributed by atoms with Crippen molar-refractivity contribution in [1.82, 2.24) is 14.8 Å². The van der Waals surface area contributed by atoms with Gasteiger partial charge in [-0.15, -0.1) is 0 Å². The fourth-order valence-corrected chi connectivity index (χ4v) is 6.21. The van der Waals surface area contributed by atoms with E-state index in [1.165, 1.54) is 0 Å². The first-order valence-corrected chi connectivity index (χ1v) is 14.9. The molecule has 234 valence electrons. The molecule has 43 heavy (non-hydrogen) atoms. The maximum absolute atomic E-state index is 16.4. The second kappa shape index (κ2) is 14.2. The maximum Gasteiger partial charge on any atom is 0.182 e. The summed E-state index contributed by atoms with van der Waals surface area (Å²) in [7, 11) is 1.59. The van der Waals surface area contributed by atoms with Crippen LogP contribution in [0.5, 0.6) is 5.75 Å². The molecule has 2 aromatic carbocycles. The fraction of sp³-hybridized carbons (Fsp3) is 0.531. The molecule has 1 atom stereocenters. The zero-order valence-corrected chi connectivity index (χ0v) is 24.6. The van der Waals surface area contributed by atoms with Crippen molar-refractivity contribution in [3.8, 4) is 5.75 Å². The van der Waals surface area contributed by atoms with E-state index in [-0.39, 0.29) is 18.7 Å². The minimum atomic E-state index is -1.25. The largest absolute Gasteiger partial charge is 0.497 e. The number of rotatable bonds is 12. The highest BCUT2D eigenvalue weighted by atomic mass is 19.2. The molecule has 2 aliphatic heterocycles. The molecule has 0 radical (unpaired) electrons. The van der Waals surface area contributed by atoms with Crippen LogP contribution in [-0.2, 0) is 11.3 Å². The fourth-order valence-electron chi connectivity index (χ4n) is 6.21. The van der Waals surface area contributed by atoms with Crippen LogP contribution in [0.1, 0.15) is 43.0 Å². The van der Waals surface area contributed by atoms with Crippen LogP contribution in [0, 0.1) is 22.9 Å². The van der Waals surface area contributed by atoms with Crippen LogP contribution < -0.4 is 10.1 Å². The number of aliphatic hydroxyl groups is 1. The number of pyridine rings is 1. The first-order chi connectivity index (χ1) is 20.8. The van der Waals surface area contributed by atoms with Crippen LogP contribution in [0.3, 0.4) is 0 Å². The highest BCUT2D eigenvalue weighted by molar-refractivity contribution is 5.85. The third-order valence-electron chi connectivity index (χ3n) is 8.93. The van der Waals surface area contributed by atoms with E-state index in [4.69, 9.17) is 9.47 Å². The summed E-state index contributed by atoms with van der Waals surface area (Å²) in [6, 6.07) is 6.98. The van der Waals surface area contributed by atoms with E-state index < -0.39 is 29.0 Å². The zero-order valence-electron chi connectivity index (χ0n) is 24.6. The lowest BCUT2D eigenvalue weighted by Gasteiger charge is -2.41. The topological polar surface area (TPSA) is 70.1 Å². The number of likely N-dealkylation sites (tertiary alicyclic amines) is 1. The summed E-state index contributed by atoms with van der Waals surface area (Å²) >= 11 is 0. The van der Waals surface area contributed by atoms with Gasteiger partial charge in [0.15, 0.2) is 11.6 Å². The monoisotopic (exact) mass is 604 g/mol. The van der Waals surface area contributed by atoms with Crippen molar-refractivity contribution in [2.45, 2.75) is 38.4 Å². The van der Waals surface area contributed by atoms with Crippen molar-refractivity contribution in [3.05, 3.63) is 65.1 Å². The molecule has 3 heterocycles. The Morgan fingerprint density at radius 3 is 2.56 bits per heavy atom. The summed E-state index contributed by atoms with van der Waals surface area (Å²) in [5.74, 6) is -2.53. The van der Waals surface area contributed by atoms with Crippen LogP contribution in [0.15, 0.2) is 36.5 Å². The van der Waals surface area contributed by atoms with Crippen molar-refractivity contribution in [2.75, 3.05) is 71.5 Å². The van der Waals surface area contributed by atoms with Crippen LogP contribution in [0.4, 0.5) is 23.2 Å². The van der Waals surface area contributed by atoms with Gasteiger partial charge in [0, 0.05) is 68.6 Å². The van der Waals surface area contributed by atoms with Crippen LogP contribution in [0.2, 0.25) is 0 Å². The number of ether oxygens (including phenoxy) is 2. The molecule has 0 saturated carbocycles. The molecule has 11 heteroatoms. The molecule has 2 saturated heterocycles. The van der Waals surface area contributed by atoms with Crippen molar-refractivity contribution in [2.24, 2.45) is 5.41 Å². The Kier molecular flexibility index (Phi) is 10.4.